The number of fused-ring (bicyclic) bond motifs is 1. The lowest BCUT2D eigenvalue weighted by Gasteiger charge is -2.57. The van der Waals surface area contributed by atoms with Gasteiger partial charge in [0.1, 0.15) is 0 Å². The maximum Gasteiger partial charge on any atom is 0.335 e. The molecule has 0 aliphatic heterocycles. The standard InChI is InChI=1S/C13H20O3/c1-12(2)9-5-4-8(10(12)6-9)7-13(3,16)11(14)15/h4,9-10,16H,5-7H2,1-3H3,(H,14,15). The van der Waals surface area contributed by atoms with Gasteiger partial charge in [0, 0.05) is 6.42 Å². The van der Waals surface area contributed by atoms with Crippen LogP contribution in [0.15, 0.2) is 11.6 Å². The van der Waals surface area contributed by atoms with Crippen molar-refractivity contribution in [3.63, 3.8) is 0 Å². The van der Waals surface area contributed by atoms with E-state index in [2.05, 4.69) is 19.9 Å². The van der Waals surface area contributed by atoms with Crippen LogP contribution in [0.25, 0.3) is 0 Å². The molecule has 0 heterocycles. The third kappa shape index (κ3) is 1.58. The van der Waals surface area contributed by atoms with Crippen molar-refractivity contribution in [1.82, 2.24) is 0 Å². The Labute approximate surface area is 96.2 Å². The van der Waals surface area contributed by atoms with Gasteiger partial charge in [-0.25, -0.2) is 4.79 Å². The van der Waals surface area contributed by atoms with Crippen molar-refractivity contribution in [2.24, 2.45) is 17.3 Å². The molecule has 3 atom stereocenters. The van der Waals surface area contributed by atoms with Gasteiger partial charge in [-0.2, -0.15) is 0 Å². The minimum atomic E-state index is -1.62. The SMILES string of the molecule is CC(O)(CC1=CCC2CC1C2(C)C)C(=O)O. The van der Waals surface area contributed by atoms with Crippen molar-refractivity contribution in [3.05, 3.63) is 11.6 Å². The number of allylic oxidation sites excluding steroid dienone is 1. The third-order valence-corrected chi connectivity index (χ3v) is 4.59. The van der Waals surface area contributed by atoms with Crippen LogP contribution >= 0.6 is 0 Å². The number of carbonyl (C=O) groups is 1. The highest BCUT2D eigenvalue weighted by Crippen LogP contribution is 2.60. The van der Waals surface area contributed by atoms with Crippen LogP contribution in [0.1, 0.15) is 40.0 Å². The maximum absolute atomic E-state index is 10.9. The summed E-state index contributed by atoms with van der Waals surface area (Å²) in [6.07, 6.45) is 4.60. The van der Waals surface area contributed by atoms with E-state index < -0.39 is 11.6 Å². The first-order valence-corrected chi connectivity index (χ1v) is 5.90. The van der Waals surface area contributed by atoms with Crippen molar-refractivity contribution in [1.29, 1.82) is 0 Å². The average molecular weight is 224 g/mol. The van der Waals surface area contributed by atoms with Crippen molar-refractivity contribution < 1.29 is 15.0 Å². The normalized spacial score (nSPS) is 34.6. The van der Waals surface area contributed by atoms with Gasteiger partial charge < -0.3 is 10.2 Å². The summed E-state index contributed by atoms with van der Waals surface area (Å²) in [5.74, 6) is 0.0840. The summed E-state index contributed by atoms with van der Waals surface area (Å²) in [7, 11) is 0. The highest BCUT2D eigenvalue weighted by molar-refractivity contribution is 5.77. The molecule has 0 aromatic heterocycles. The van der Waals surface area contributed by atoms with Crippen molar-refractivity contribution >= 4 is 5.97 Å². The highest BCUT2D eigenvalue weighted by Gasteiger charge is 2.52. The van der Waals surface area contributed by atoms with Gasteiger partial charge in [-0.1, -0.05) is 25.5 Å². The molecule has 3 nitrogen and oxygen atoms in total. The second kappa shape index (κ2) is 3.33. The van der Waals surface area contributed by atoms with Gasteiger partial charge in [0.15, 0.2) is 5.60 Å². The van der Waals surface area contributed by atoms with Crippen molar-refractivity contribution in [2.45, 2.75) is 45.6 Å². The number of carboxylic acid groups (broad SMARTS) is 1. The molecule has 3 heteroatoms. The molecule has 3 aliphatic rings. The molecule has 3 aliphatic carbocycles. The third-order valence-electron chi connectivity index (χ3n) is 4.59. The molecule has 2 bridgehead atoms. The van der Waals surface area contributed by atoms with Gasteiger partial charge in [0.05, 0.1) is 0 Å². The van der Waals surface area contributed by atoms with E-state index in [-0.39, 0.29) is 6.42 Å². The Balaban J connectivity index is 2.13. The van der Waals surface area contributed by atoms with Crippen molar-refractivity contribution in [3.8, 4) is 0 Å². The Morgan fingerprint density at radius 3 is 2.69 bits per heavy atom. The van der Waals surface area contributed by atoms with Gasteiger partial charge in [-0.3, -0.25) is 0 Å². The second-order valence-corrected chi connectivity index (χ2v) is 6.08. The molecule has 90 valence electrons. The summed E-state index contributed by atoms with van der Waals surface area (Å²) in [6, 6.07) is 0. The lowest BCUT2D eigenvalue weighted by atomic mass is 9.48. The Hall–Kier alpha value is -0.830. The molecule has 0 amide bonds. The molecule has 0 aromatic carbocycles. The summed E-state index contributed by atoms with van der Waals surface area (Å²) in [5.41, 5.74) is -0.192. The van der Waals surface area contributed by atoms with Crippen LogP contribution < -0.4 is 0 Å². The first-order valence-electron chi connectivity index (χ1n) is 5.90. The van der Waals surface area contributed by atoms with E-state index in [1.807, 2.05) is 0 Å². The summed E-state index contributed by atoms with van der Waals surface area (Å²) in [5, 5.41) is 18.7. The van der Waals surface area contributed by atoms with E-state index in [9.17, 15) is 9.90 Å². The molecule has 3 rings (SSSR count). The van der Waals surface area contributed by atoms with E-state index in [0.29, 0.717) is 11.3 Å². The van der Waals surface area contributed by atoms with Gasteiger partial charge in [-0.15, -0.1) is 0 Å². The quantitative estimate of drug-likeness (QED) is 0.722. The van der Waals surface area contributed by atoms with Crippen LogP contribution in [0.4, 0.5) is 0 Å². The van der Waals surface area contributed by atoms with E-state index in [4.69, 9.17) is 5.11 Å². The monoisotopic (exact) mass is 224 g/mol. The molecule has 0 saturated heterocycles. The lowest BCUT2D eigenvalue weighted by molar-refractivity contribution is -0.157. The number of rotatable bonds is 3. The van der Waals surface area contributed by atoms with Crippen LogP contribution in [0, 0.1) is 17.3 Å². The Bertz CT molecular complexity index is 352. The van der Waals surface area contributed by atoms with E-state index in [0.717, 1.165) is 24.3 Å². The first kappa shape index (κ1) is 11.6. The Morgan fingerprint density at radius 1 is 1.62 bits per heavy atom. The van der Waals surface area contributed by atoms with E-state index in [1.54, 1.807) is 0 Å². The fraction of sp³-hybridized carbons (Fsp3) is 0.769. The molecule has 0 spiro atoms. The number of aliphatic hydroxyl groups is 1. The summed E-state index contributed by atoms with van der Waals surface area (Å²) in [6.45, 7) is 5.87. The second-order valence-electron chi connectivity index (χ2n) is 6.08. The molecule has 3 unspecified atom stereocenters. The first-order chi connectivity index (χ1) is 7.25. The molecule has 1 saturated carbocycles. The summed E-state index contributed by atoms with van der Waals surface area (Å²) >= 11 is 0. The largest absolute Gasteiger partial charge is 0.479 e. The minimum Gasteiger partial charge on any atom is -0.479 e. The molecular formula is C13H20O3. The highest BCUT2D eigenvalue weighted by atomic mass is 16.4. The molecule has 2 N–H and O–H groups in total. The smallest absolute Gasteiger partial charge is 0.335 e. The Kier molecular flexibility index (Phi) is 2.42. The van der Waals surface area contributed by atoms with Gasteiger partial charge in [0.2, 0.25) is 0 Å². The summed E-state index contributed by atoms with van der Waals surface area (Å²) < 4.78 is 0. The lowest BCUT2D eigenvalue weighted by Crippen LogP contribution is -2.49. The van der Waals surface area contributed by atoms with Crippen molar-refractivity contribution in [2.75, 3.05) is 0 Å². The van der Waals surface area contributed by atoms with Gasteiger partial charge in [-0.05, 0) is 37.0 Å². The molecule has 0 aromatic rings. The van der Waals surface area contributed by atoms with Crippen LogP contribution in [0.2, 0.25) is 0 Å². The van der Waals surface area contributed by atoms with Crippen LogP contribution in [0.3, 0.4) is 0 Å². The molecule has 16 heavy (non-hydrogen) atoms. The van der Waals surface area contributed by atoms with Crippen LogP contribution in [0.5, 0.6) is 0 Å². The summed E-state index contributed by atoms with van der Waals surface area (Å²) in [4.78, 5) is 10.9. The van der Waals surface area contributed by atoms with Crippen LogP contribution in [-0.4, -0.2) is 21.8 Å². The maximum atomic E-state index is 10.9. The number of aliphatic carboxylic acids is 1. The van der Waals surface area contributed by atoms with Crippen LogP contribution in [-0.2, 0) is 4.79 Å². The zero-order valence-electron chi connectivity index (χ0n) is 10.2. The predicted molar refractivity (Wildman–Crippen MR) is 61.0 cm³/mol. The predicted octanol–water partition coefficient (Wildman–Crippen LogP) is 2.20. The van der Waals surface area contributed by atoms with E-state index >= 15 is 0 Å². The average Bonchev–Trinajstić information content (AvgIpc) is 2.16. The zero-order valence-corrected chi connectivity index (χ0v) is 10.2. The van der Waals surface area contributed by atoms with Gasteiger partial charge >= 0.3 is 5.97 Å². The topological polar surface area (TPSA) is 57.5 Å². The minimum absolute atomic E-state index is 0.267. The Morgan fingerprint density at radius 2 is 2.25 bits per heavy atom. The molecular weight excluding hydrogens is 204 g/mol. The number of hydrogen-bond donors (Lipinski definition) is 2. The number of carboxylic acids is 1. The van der Waals surface area contributed by atoms with E-state index in [1.165, 1.54) is 6.92 Å². The number of hydrogen-bond acceptors (Lipinski definition) is 2. The molecule has 1 fully saturated rings. The fourth-order valence-electron chi connectivity index (χ4n) is 3.15. The fourth-order valence-corrected chi connectivity index (χ4v) is 3.15. The van der Waals surface area contributed by atoms with Gasteiger partial charge in [0.25, 0.3) is 0 Å². The molecule has 0 radical (unpaired) electrons. The zero-order chi connectivity index (χ0) is 12.1.